The minimum absolute atomic E-state index is 0.149. The predicted molar refractivity (Wildman–Crippen MR) is 75.0 cm³/mol. The molecular formula is C15H18N2O3. The van der Waals surface area contributed by atoms with Crippen molar-refractivity contribution in [3.05, 3.63) is 46.8 Å². The van der Waals surface area contributed by atoms with Crippen molar-refractivity contribution in [3.63, 3.8) is 0 Å². The number of carbonyl (C=O) groups is 1. The summed E-state index contributed by atoms with van der Waals surface area (Å²) in [6.45, 7) is 4.04. The fraction of sp³-hybridized carbons (Fsp3) is 0.333. The Balaban J connectivity index is 1.91. The highest BCUT2D eigenvalue weighted by Gasteiger charge is 2.16. The van der Waals surface area contributed by atoms with E-state index in [4.69, 9.17) is 9.26 Å². The Kier molecular flexibility index (Phi) is 4.40. The largest absolute Gasteiger partial charge is 0.497 e. The van der Waals surface area contributed by atoms with Crippen molar-refractivity contribution in [3.8, 4) is 5.75 Å². The lowest BCUT2D eigenvalue weighted by molar-refractivity contribution is 0.0952. The van der Waals surface area contributed by atoms with Crippen LogP contribution in [-0.4, -0.2) is 24.7 Å². The first-order chi connectivity index (χ1) is 9.61. The van der Waals surface area contributed by atoms with Crippen LogP contribution in [0.1, 0.15) is 27.4 Å². The number of nitrogens with zero attached hydrogens (tertiary/aromatic N) is 1. The smallest absolute Gasteiger partial charge is 0.256 e. The van der Waals surface area contributed by atoms with Crippen molar-refractivity contribution >= 4 is 5.91 Å². The minimum Gasteiger partial charge on any atom is -0.497 e. The first kappa shape index (κ1) is 14.1. The maximum Gasteiger partial charge on any atom is 0.256 e. The highest BCUT2D eigenvalue weighted by Crippen LogP contribution is 2.13. The molecule has 0 aliphatic rings. The van der Waals surface area contributed by atoms with Crippen molar-refractivity contribution in [2.45, 2.75) is 20.3 Å². The molecule has 0 fully saturated rings. The lowest BCUT2D eigenvalue weighted by atomic mass is 10.1. The van der Waals surface area contributed by atoms with Gasteiger partial charge in [0.05, 0.1) is 12.8 Å². The van der Waals surface area contributed by atoms with Gasteiger partial charge in [0.15, 0.2) is 0 Å². The Bertz CT molecular complexity index is 585. The molecule has 5 nitrogen and oxygen atoms in total. The Morgan fingerprint density at radius 3 is 2.85 bits per heavy atom. The summed E-state index contributed by atoms with van der Waals surface area (Å²) >= 11 is 0. The van der Waals surface area contributed by atoms with Gasteiger partial charge in [0.1, 0.15) is 17.1 Å². The van der Waals surface area contributed by atoms with Crippen molar-refractivity contribution in [1.82, 2.24) is 10.5 Å². The first-order valence-electron chi connectivity index (χ1n) is 6.46. The van der Waals surface area contributed by atoms with Crippen molar-refractivity contribution in [2.24, 2.45) is 0 Å². The van der Waals surface area contributed by atoms with Crippen LogP contribution < -0.4 is 10.1 Å². The monoisotopic (exact) mass is 274 g/mol. The van der Waals surface area contributed by atoms with Crippen LogP contribution in [0.5, 0.6) is 5.75 Å². The average Bonchev–Trinajstić information content (AvgIpc) is 2.78. The molecule has 0 atom stereocenters. The summed E-state index contributed by atoms with van der Waals surface area (Å²) in [5, 5.41) is 6.65. The van der Waals surface area contributed by atoms with E-state index < -0.39 is 0 Å². The number of methoxy groups -OCH3 is 1. The van der Waals surface area contributed by atoms with Crippen LogP contribution in [0, 0.1) is 13.8 Å². The summed E-state index contributed by atoms with van der Waals surface area (Å²) in [5.41, 5.74) is 2.25. The van der Waals surface area contributed by atoms with Gasteiger partial charge in [-0.15, -0.1) is 0 Å². The molecule has 1 aromatic heterocycles. The van der Waals surface area contributed by atoms with E-state index in [1.54, 1.807) is 21.0 Å². The molecule has 0 spiro atoms. The van der Waals surface area contributed by atoms with E-state index in [9.17, 15) is 4.79 Å². The van der Waals surface area contributed by atoms with Crippen LogP contribution in [0.3, 0.4) is 0 Å². The zero-order valence-electron chi connectivity index (χ0n) is 11.9. The van der Waals surface area contributed by atoms with Gasteiger partial charge in [-0.05, 0) is 38.0 Å². The number of benzene rings is 1. The third kappa shape index (κ3) is 3.17. The van der Waals surface area contributed by atoms with E-state index in [1.807, 2.05) is 24.3 Å². The second-order valence-corrected chi connectivity index (χ2v) is 4.56. The van der Waals surface area contributed by atoms with Crippen LogP contribution in [0.2, 0.25) is 0 Å². The van der Waals surface area contributed by atoms with Gasteiger partial charge in [-0.3, -0.25) is 4.79 Å². The number of ether oxygens (including phenoxy) is 1. The molecule has 1 heterocycles. The highest BCUT2D eigenvalue weighted by molar-refractivity contribution is 5.96. The SMILES string of the molecule is COc1cccc(CCNC(=O)c2c(C)noc2C)c1. The van der Waals surface area contributed by atoms with Gasteiger partial charge in [0, 0.05) is 6.54 Å². The normalized spacial score (nSPS) is 10.3. The maximum atomic E-state index is 12.0. The number of nitrogens with one attached hydrogen (secondary N) is 1. The van der Waals surface area contributed by atoms with Gasteiger partial charge in [0.25, 0.3) is 5.91 Å². The molecule has 0 aliphatic heterocycles. The first-order valence-corrected chi connectivity index (χ1v) is 6.46. The van der Waals surface area contributed by atoms with Gasteiger partial charge >= 0.3 is 0 Å². The summed E-state index contributed by atoms with van der Waals surface area (Å²) in [6.07, 6.45) is 0.742. The number of hydrogen-bond donors (Lipinski definition) is 1. The molecule has 0 radical (unpaired) electrons. The Hall–Kier alpha value is -2.30. The van der Waals surface area contributed by atoms with Crippen molar-refractivity contribution in [1.29, 1.82) is 0 Å². The highest BCUT2D eigenvalue weighted by atomic mass is 16.5. The molecule has 0 saturated heterocycles. The fourth-order valence-electron chi connectivity index (χ4n) is 2.04. The van der Waals surface area contributed by atoms with E-state index in [0.29, 0.717) is 23.6 Å². The van der Waals surface area contributed by atoms with E-state index in [2.05, 4.69) is 10.5 Å². The third-order valence-corrected chi connectivity index (χ3v) is 3.09. The van der Waals surface area contributed by atoms with Crippen LogP contribution >= 0.6 is 0 Å². The van der Waals surface area contributed by atoms with Gasteiger partial charge < -0.3 is 14.6 Å². The molecule has 1 aromatic carbocycles. The number of amides is 1. The molecule has 0 bridgehead atoms. The summed E-state index contributed by atoms with van der Waals surface area (Å²) in [5.74, 6) is 1.21. The number of carbonyl (C=O) groups excluding carboxylic acids is 1. The molecule has 0 saturated carbocycles. The van der Waals surface area contributed by atoms with Crippen LogP contribution in [0.4, 0.5) is 0 Å². The topological polar surface area (TPSA) is 64.4 Å². The van der Waals surface area contributed by atoms with E-state index >= 15 is 0 Å². The molecule has 2 aromatic rings. The molecule has 20 heavy (non-hydrogen) atoms. The average molecular weight is 274 g/mol. The zero-order chi connectivity index (χ0) is 14.5. The van der Waals surface area contributed by atoms with Crippen LogP contribution in [-0.2, 0) is 6.42 Å². The van der Waals surface area contributed by atoms with Gasteiger partial charge in [0.2, 0.25) is 0 Å². The summed E-state index contributed by atoms with van der Waals surface area (Å²) in [6, 6.07) is 7.79. The van der Waals surface area contributed by atoms with E-state index in [1.165, 1.54) is 0 Å². The maximum absolute atomic E-state index is 12.0. The molecule has 0 aliphatic carbocycles. The number of aromatic nitrogens is 1. The lowest BCUT2D eigenvalue weighted by Crippen LogP contribution is -2.26. The lowest BCUT2D eigenvalue weighted by Gasteiger charge is -2.06. The second kappa shape index (κ2) is 6.23. The summed E-state index contributed by atoms with van der Waals surface area (Å²) in [4.78, 5) is 12.0. The Morgan fingerprint density at radius 2 is 2.20 bits per heavy atom. The molecule has 5 heteroatoms. The molecule has 0 unspecified atom stereocenters. The van der Waals surface area contributed by atoms with E-state index in [0.717, 1.165) is 17.7 Å². The number of hydrogen-bond acceptors (Lipinski definition) is 4. The van der Waals surface area contributed by atoms with E-state index in [-0.39, 0.29) is 5.91 Å². The molecular weight excluding hydrogens is 256 g/mol. The summed E-state index contributed by atoms with van der Waals surface area (Å²) in [7, 11) is 1.64. The Labute approximate surface area is 117 Å². The van der Waals surface area contributed by atoms with Crippen LogP contribution in [0.15, 0.2) is 28.8 Å². The van der Waals surface area contributed by atoms with Gasteiger partial charge in [-0.25, -0.2) is 0 Å². The molecule has 106 valence electrons. The molecule has 2 rings (SSSR count). The van der Waals surface area contributed by atoms with Crippen molar-refractivity contribution < 1.29 is 14.1 Å². The molecule has 1 amide bonds. The molecule has 1 N–H and O–H groups in total. The number of aryl methyl sites for hydroxylation is 2. The van der Waals surface area contributed by atoms with Crippen molar-refractivity contribution in [2.75, 3.05) is 13.7 Å². The standard InChI is InChI=1S/C15H18N2O3/c1-10-14(11(2)20-17-10)15(18)16-8-7-12-5-4-6-13(9-12)19-3/h4-6,9H,7-8H2,1-3H3,(H,16,18). The zero-order valence-corrected chi connectivity index (χ0v) is 11.9. The van der Waals surface area contributed by atoms with Gasteiger partial charge in [-0.2, -0.15) is 0 Å². The fourth-order valence-corrected chi connectivity index (χ4v) is 2.04. The quantitative estimate of drug-likeness (QED) is 0.908. The number of rotatable bonds is 5. The third-order valence-electron chi connectivity index (χ3n) is 3.09. The van der Waals surface area contributed by atoms with Crippen LogP contribution in [0.25, 0.3) is 0 Å². The predicted octanol–water partition coefficient (Wildman–Crippen LogP) is 2.27. The van der Waals surface area contributed by atoms with Gasteiger partial charge in [-0.1, -0.05) is 17.3 Å². The minimum atomic E-state index is -0.149. The summed E-state index contributed by atoms with van der Waals surface area (Å²) < 4.78 is 10.1. The Morgan fingerprint density at radius 1 is 1.40 bits per heavy atom. The second-order valence-electron chi connectivity index (χ2n) is 4.56.